The van der Waals surface area contributed by atoms with Gasteiger partial charge in [0, 0.05) is 78.3 Å². The fourth-order valence-electron chi connectivity index (χ4n) is 13.6. The average molecular weight is 1180 g/mol. The zero-order chi connectivity index (χ0) is 61.4. The first-order valence-electron chi connectivity index (χ1n) is 31.3. The van der Waals surface area contributed by atoms with Gasteiger partial charge in [-0.3, -0.25) is 0 Å². The van der Waals surface area contributed by atoms with Crippen molar-refractivity contribution in [2.75, 3.05) is 9.80 Å². The fourth-order valence-corrected chi connectivity index (χ4v) is 13.6. The van der Waals surface area contributed by atoms with Crippen LogP contribution in [0.4, 0.5) is 34.1 Å². The summed E-state index contributed by atoms with van der Waals surface area (Å²) in [6.45, 7) is 6.80. The van der Waals surface area contributed by atoms with E-state index < -0.39 is 0 Å². The lowest BCUT2D eigenvalue weighted by Gasteiger charge is -2.44. The van der Waals surface area contributed by atoms with Crippen LogP contribution in [0.5, 0.6) is 0 Å². The van der Waals surface area contributed by atoms with Gasteiger partial charge >= 0.3 is 0 Å². The Morgan fingerprint density at radius 3 is 1.24 bits per heavy atom. The van der Waals surface area contributed by atoms with Gasteiger partial charge in [0.05, 0.1) is 16.7 Å². The Hall–Kier alpha value is -11.9. The van der Waals surface area contributed by atoms with E-state index in [0.717, 1.165) is 106 Å². The minimum Gasteiger partial charge on any atom is -0.311 e. The SMILES string of the molecule is CC(C)(C)c1ccc2c(c1)c1ccccc1n2-c1ccc(-c2nc(-c3ccccc3)nc(-c3ccccc3)n2)cc1-c1nc(-c2ccccc2)nc(-c2cccc(-c3cc4c5c(c3)N(c3ccccc3)c3ccccc3B5c3ccccc3N4c3ccccc3)c2)n1. The normalized spacial score (nSPS) is 12.4. The summed E-state index contributed by atoms with van der Waals surface area (Å²) < 4.78 is 2.36. The molecule has 0 aliphatic carbocycles. The van der Waals surface area contributed by atoms with Crippen LogP contribution in [0, 0.1) is 0 Å². The molecule has 0 radical (unpaired) electrons. The second-order valence-electron chi connectivity index (χ2n) is 24.7. The molecule has 434 valence electrons. The van der Waals surface area contributed by atoms with E-state index in [0.29, 0.717) is 34.9 Å². The first-order valence-corrected chi connectivity index (χ1v) is 31.3. The third-order valence-electron chi connectivity index (χ3n) is 18.0. The number of fused-ring (bicyclic) bond motifs is 7. The van der Waals surface area contributed by atoms with E-state index in [4.69, 9.17) is 29.9 Å². The molecule has 0 fully saturated rings. The highest BCUT2D eigenvalue weighted by Crippen LogP contribution is 2.47. The molecule has 0 atom stereocenters. The number of nitrogens with zero attached hydrogens (tertiary/aromatic N) is 9. The molecule has 0 saturated heterocycles. The molecule has 9 nitrogen and oxygen atoms in total. The number of aromatic nitrogens is 7. The van der Waals surface area contributed by atoms with Crippen LogP contribution in [0.2, 0.25) is 0 Å². The zero-order valence-corrected chi connectivity index (χ0v) is 50.9. The largest absolute Gasteiger partial charge is 0.311 e. The second-order valence-corrected chi connectivity index (χ2v) is 24.7. The Labute approximate surface area is 534 Å². The van der Waals surface area contributed by atoms with Crippen LogP contribution in [-0.4, -0.2) is 41.2 Å². The maximum absolute atomic E-state index is 5.65. The van der Waals surface area contributed by atoms with Gasteiger partial charge in [0.2, 0.25) is 0 Å². The molecule has 15 aromatic rings. The third kappa shape index (κ3) is 9.33. The monoisotopic (exact) mass is 1180 g/mol. The van der Waals surface area contributed by atoms with Crippen molar-refractivity contribution >= 4 is 79.0 Å². The minimum atomic E-state index is -0.0682. The molecule has 0 bridgehead atoms. The minimum absolute atomic E-state index is 0.0124. The van der Waals surface area contributed by atoms with Gasteiger partial charge in [-0.25, -0.2) is 29.9 Å². The number of para-hydroxylation sites is 5. The average Bonchev–Trinajstić information content (AvgIpc) is 0.884. The van der Waals surface area contributed by atoms with Crippen LogP contribution in [0.1, 0.15) is 26.3 Å². The number of rotatable bonds is 10. The predicted octanol–water partition coefficient (Wildman–Crippen LogP) is 18.2. The van der Waals surface area contributed by atoms with E-state index >= 15 is 0 Å². The highest BCUT2D eigenvalue weighted by molar-refractivity contribution is 7.00. The van der Waals surface area contributed by atoms with E-state index in [-0.39, 0.29) is 12.1 Å². The van der Waals surface area contributed by atoms with Gasteiger partial charge in [-0.2, -0.15) is 0 Å². The molecule has 2 aliphatic heterocycles. The molecule has 0 N–H and O–H groups in total. The van der Waals surface area contributed by atoms with E-state index in [1.54, 1.807) is 0 Å². The van der Waals surface area contributed by atoms with Crippen LogP contribution in [-0.2, 0) is 5.41 Å². The maximum atomic E-state index is 5.65. The van der Waals surface area contributed by atoms with Crippen LogP contribution < -0.4 is 26.2 Å². The van der Waals surface area contributed by atoms with E-state index in [1.165, 1.54) is 22.0 Å². The lowest BCUT2D eigenvalue weighted by atomic mass is 9.33. The molecule has 3 aromatic heterocycles. The third-order valence-corrected chi connectivity index (χ3v) is 18.0. The highest BCUT2D eigenvalue weighted by atomic mass is 15.2. The molecule has 0 unspecified atom stereocenters. The fraction of sp³-hybridized carbons (Fsp3) is 0.0488. The number of hydrogen-bond acceptors (Lipinski definition) is 8. The molecule has 17 rings (SSSR count). The molecule has 0 saturated carbocycles. The summed E-state index contributed by atoms with van der Waals surface area (Å²) in [5, 5.41) is 2.32. The topological polar surface area (TPSA) is 88.7 Å². The van der Waals surface area contributed by atoms with Gasteiger partial charge in [-0.05, 0) is 129 Å². The quantitative estimate of drug-likeness (QED) is 0.125. The molecule has 12 aromatic carbocycles. The molecular formula is C82H58BN9. The van der Waals surface area contributed by atoms with E-state index in [9.17, 15) is 0 Å². The molecule has 0 amide bonds. The van der Waals surface area contributed by atoms with Crippen LogP contribution >= 0.6 is 0 Å². The van der Waals surface area contributed by atoms with E-state index in [1.807, 2.05) is 78.9 Å². The summed E-state index contributed by atoms with van der Waals surface area (Å²) in [5.41, 5.74) is 21.8. The summed E-state index contributed by atoms with van der Waals surface area (Å²) in [6, 6.07) is 105. The van der Waals surface area contributed by atoms with Gasteiger partial charge in [0.25, 0.3) is 6.71 Å². The van der Waals surface area contributed by atoms with Gasteiger partial charge < -0.3 is 14.4 Å². The molecule has 10 heteroatoms. The molecule has 0 spiro atoms. The summed E-state index contributed by atoms with van der Waals surface area (Å²) in [6.07, 6.45) is 0. The lowest BCUT2D eigenvalue weighted by molar-refractivity contribution is 0.591. The Morgan fingerprint density at radius 1 is 0.283 bits per heavy atom. The first-order chi connectivity index (χ1) is 45.3. The molecule has 5 heterocycles. The van der Waals surface area contributed by atoms with E-state index in [2.05, 4.69) is 254 Å². The summed E-state index contributed by atoms with van der Waals surface area (Å²) >= 11 is 0. The number of benzene rings is 12. The van der Waals surface area contributed by atoms with Crippen molar-refractivity contribution in [3.63, 3.8) is 0 Å². The smallest absolute Gasteiger partial charge is 0.252 e. The van der Waals surface area contributed by atoms with Crippen LogP contribution in [0.25, 0.3) is 107 Å². The Morgan fingerprint density at radius 2 is 0.707 bits per heavy atom. The summed E-state index contributed by atoms with van der Waals surface area (Å²) in [5.74, 6) is 3.23. The Balaban J connectivity index is 0.896. The Kier molecular flexibility index (Phi) is 13.0. The van der Waals surface area contributed by atoms with Crippen molar-refractivity contribution in [3.05, 3.63) is 303 Å². The maximum Gasteiger partial charge on any atom is 0.252 e. The number of anilines is 6. The van der Waals surface area contributed by atoms with Crippen LogP contribution in [0.3, 0.4) is 0 Å². The molecule has 2 aliphatic rings. The molecule has 92 heavy (non-hydrogen) atoms. The van der Waals surface area contributed by atoms with Crippen molar-refractivity contribution in [1.82, 2.24) is 34.5 Å². The summed E-state index contributed by atoms with van der Waals surface area (Å²) in [7, 11) is 0. The Bertz CT molecular complexity index is 5170. The highest BCUT2D eigenvalue weighted by Gasteiger charge is 2.43. The van der Waals surface area contributed by atoms with Crippen LogP contribution in [0.15, 0.2) is 297 Å². The van der Waals surface area contributed by atoms with Gasteiger partial charge in [0.15, 0.2) is 34.9 Å². The van der Waals surface area contributed by atoms with Gasteiger partial charge in [-0.1, -0.05) is 227 Å². The molecular weight excluding hydrogens is 1120 g/mol. The number of hydrogen-bond donors (Lipinski definition) is 0. The van der Waals surface area contributed by atoms with Gasteiger partial charge in [0.1, 0.15) is 0 Å². The predicted molar refractivity (Wildman–Crippen MR) is 378 cm³/mol. The zero-order valence-electron chi connectivity index (χ0n) is 50.9. The summed E-state index contributed by atoms with van der Waals surface area (Å²) in [4.78, 5) is 37.1. The van der Waals surface area contributed by atoms with Crippen molar-refractivity contribution in [2.24, 2.45) is 0 Å². The van der Waals surface area contributed by atoms with Gasteiger partial charge in [-0.15, -0.1) is 0 Å². The first kappa shape index (κ1) is 54.3. The van der Waals surface area contributed by atoms with Crippen molar-refractivity contribution in [3.8, 4) is 85.1 Å². The van der Waals surface area contributed by atoms with Crippen molar-refractivity contribution in [1.29, 1.82) is 0 Å². The van der Waals surface area contributed by atoms with Crippen molar-refractivity contribution in [2.45, 2.75) is 26.2 Å². The lowest BCUT2D eigenvalue weighted by Crippen LogP contribution is -2.61. The standard InChI is InChI=1S/C82H58BN9/c1-82(2,3)60-45-47-69-64(52-60)63-38-19-22-41-68(63)92(69)70-46-44-58(80-85-76(53-26-9-4-10-27-53)84-77(86-80)54-28-11-5-12-29-54)49-65(70)81-88-78(55-30-13-6-14-31-55)87-79(89-81)57-33-25-32-56(48-57)59-50-73-75-74(51-59)91(62-36-17-8-18-37-62)72-43-24-21-40-67(72)83(75)66-39-20-23-42-71(66)90(73)61-34-15-7-16-35-61/h4-52H,1-3H3. The van der Waals surface area contributed by atoms with Crippen molar-refractivity contribution < 1.29 is 0 Å². The second kappa shape index (κ2) is 22.0.